The number of rotatable bonds is 5. The lowest BCUT2D eigenvalue weighted by Crippen LogP contribution is -2.13. The summed E-state index contributed by atoms with van der Waals surface area (Å²) in [7, 11) is 0. The van der Waals surface area contributed by atoms with E-state index in [1.165, 1.54) is 17.7 Å². The predicted molar refractivity (Wildman–Crippen MR) is 72.9 cm³/mol. The molecule has 2 rings (SSSR count). The average Bonchev–Trinajstić information content (AvgIpc) is 2.88. The Kier molecular flexibility index (Phi) is 4.37. The van der Waals surface area contributed by atoms with Crippen LogP contribution >= 0.6 is 22.9 Å². The lowest BCUT2D eigenvalue weighted by molar-refractivity contribution is 0.177. The van der Waals surface area contributed by atoms with E-state index in [-0.39, 0.29) is 0 Å². The summed E-state index contributed by atoms with van der Waals surface area (Å²) >= 11 is 7.26. The van der Waals surface area contributed by atoms with Gasteiger partial charge in [0.2, 0.25) is 0 Å². The van der Waals surface area contributed by atoms with Crippen LogP contribution in [-0.4, -0.2) is 19.9 Å². The third-order valence-electron chi connectivity index (χ3n) is 2.53. The lowest BCUT2D eigenvalue weighted by Gasteiger charge is -2.11. The Morgan fingerprint density at radius 3 is 2.83 bits per heavy atom. The van der Waals surface area contributed by atoms with Crippen molar-refractivity contribution in [3.05, 3.63) is 33.5 Å². The molecule has 0 saturated heterocycles. The van der Waals surface area contributed by atoms with Gasteiger partial charge in [0.15, 0.2) is 0 Å². The lowest BCUT2D eigenvalue weighted by atomic mass is 10.2. The standard InChI is InChI=1S/C12H16ClN3OS/c1-8(2)6-16-12(14-7-15-16)5-9(17)10-3-4-11(13)18-10/h3-4,7-9,17H,5-6H2,1-2H3. The fourth-order valence-electron chi connectivity index (χ4n) is 1.73. The van der Waals surface area contributed by atoms with Crippen LogP contribution in [0.4, 0.5) is 0 Å². The molecule has 1 N–H and O–H groups in total. The number of hydrogen-bond acceptors (Lipinski definition) is 4. The van der Waals surface area contributed by atoms with E-state index in [2.05, 4.69) is 23.9 Å². The summed E-state index contributed by atoms with van der Waals surface area (Å²) in [4.78, 5) is 5.07. The molecular weight excluding hydrogens is 270 g/mol. The molecule has 0 fully saturated rings. The van der Waals surface area contributed by atoms with E-state index in [1.807, 2.05) is 10.7 Å². The fraction of sp³-hybridized carbons (Fsp3) is 0.500. The monoisotopic (exact) mass is 285 g/mol. The van der Waals surface area contributed by atoms with Crippen molar-refractivity contribution < 1.29 is 5.11 Å². The third kappa shape index (κ3) is 3.31. The van der Waals surface area contributed by atoms with Crippen LogP contribution in [0.3, 0.4) is 0 Å². The van der Waals surface area contributed by atoms with Crippen LogP contribution in [-0.2, 0) is 13.0 Å². The molecule has 2 heterocycles. The van der Waals surface area contributed by atoms with E-state index < -0.39 is 6.10 Å². The Morgan fingerprint density at radius 1 is 1.44 bits per heavy atom. The summed E-state index contributed by atoms with van der Waals surface area (Å²) in [5, 5.41) is 14.3. The van der Waals surface area contributed by atoms with Crippen molar-refractivity contribution >= 4 is 22.9 Å². The number of nitrogens with zero attached hydrogens (tertiary/aromatic N) is 3. The van der Waals surface area contributed by atoms with Gasteiger partial charge < -0.3 is 5.11 Å². The Morgan fingerprint density at radius 2 is 2.22 bits per heavy atom. The molecule has 1 unspecified atom stereocenters. The van der Waals surface area contributed by atoms with Crippen molar-refractivity contribution in [2.75, 3.05) is 0 Å². The molecule has 0 aromatic carbocycles. The molecule has 18 heavy (non-hydrogen) atoms. The van der Waals surface area contributed by atoms with Crippen LogP contribution in [0.15, 0.2) is 18.5 Å². The Balaban J connectivity index is 2.07. The smallest absolute Gasteiger partial charge is 0.138 e. The highest BCUT2D eigenvalue weighted by atomic mass is 35.5. The average molecular weight is 286 g/mol. The largest absolute Gasteiger partial charge is 0.387 e. The van der Waals surface area contributed by atoms with Gasteiger partial charge in [-0.05, 0) is 18.1 Å². The fourth-order valence-corrected chi connectivity index (χ4v) is 2.77. The van der Waals surface area contributed by atoms with Crippen molar-refractivity contribution in [1.29, 1.82) is 0 Å². The van der Waals surface area contributed by atoms with Crippen molar-refractivity contribution in [2.45, 2.75) is 32.9 Å². The maximum absolute atomic E-state index is 10.1. The second-order valence-corrected chi connectivity index (χ2v) is 6.36. The molecule has 0 saturated carbocycles. The number of hydrogen-bond donors (Lipinski definition) is 1. The second kappa shape index (κ2) is 5.82. The predicted octanol–water partition coefficient (Wildman–Crippen LogP) is 2.93. The van der Waals surface area contributed by atoms with E-state index in [9.17, 15) is 5.11 Å². The molecular formula is C12H16ClN3OS. The van der Waals surface area contributed by atoms with Crippen molar-refractivity contribution in [1.82, 2.24) is 14.8 Å². The normalized spacial score (nSPS) is 13.2. The molecule has 98 valence electrons. The van der Waals surface area contributed by atoms with E-state index in [4.69, 9.17) is 11.6 Å². The van der Waals surface area contributed by atoms with Crippen molar-refractivity contribution in [3.63, 3.8) is 0 Å². The molecule has 4 nitrogen and oxygen atoms in total. The molecule has 0 radical (unpaired) electrons. The maximum Gasteiger partial charge on any atom is 0.138 e. The summed E-state index contributed by atoms with van der Waals surface area (Å²) in [5.41, 5.74) is 0. The SMILES string of the molecule is CC(C)Cn1ncnc1CC(O)c1ccc(Cl)s1. The molecule has 0 aliphatic heterocycles. The van der Waals surface area contributed by atoms with Crippen LogP contribution < -0.4 is 0 Å². The molecule has 0 bridgehead atoms. The summed E-state index contributed by atoms with van der Waals surface area (Å²) in [6.07, 6.45) is 1.42. The summed E-state index contributed by atoms with van der Waals surface area (Å²) in [6, 6.07) is 3.64. The minimum atomic E-state index is -0.572. The number of aromatic nitrogens is 3. The van der Waals surface area contributed by atoms with Crippen LogP contribution in [0.2, 0.25) is 4.34 Å². The van der Waals surface area contributed by atoms with Gasteiger partial charge in [-0.3, -0.25) is 0 Å². The first-order valence-corrected chi connectivity index (χ1v) is 7.05. The third-order valence-corrected chi connectivity index (χ3v) is 3.86. The zero-order valence-corrected chi connectivity index (χ0v) is 11.9. The minimum Gasteiger partial charge on any atom is -0.387 e. The van der Waals surface area contributed by atoms with E-state index in [0.717, 1.165) is 17.2 Å². The van der Waals surface area contributed by atoms with Gasteiger partial charge in [0.05, 0.1) is 10.4 Å². The van der Waals surface area contributed by atoms with E-state index in [1.54, 1.807) is 6.07 Å². The van der Waals surface area contributed by atoms with Gasteiger partial charge in [-0.2, -0.15) is 5.10 Å². The van der Waals surface area contributed by atoms with Gasteiger partial charge in [0, 0.05) is 17.8 Å². The highest BCUT2D eigenvalue weighted by molar-refractivity contribution is 7.16. The zero-order chi connectivity index (χ0) is 13.1. The molecule has 2 aromatic heterocycles. The zero-order valence-electron chi connectivity index (χ0n) is 10.4. The Bertz CT molecular complexity index is 509. The Labute approximate surface area is 115 Å². The van der Waals surface area contributed by atoms with Crippen LogP contribution in [0.5, 0.6) is 0 Å². The highest BCUT2D eigenvalue weighted by Gasteiger charge is 2.15. The topological polar surface area (TPSA) is 50.9 Å². The van der Waals surface area contributed by atoms with Crippen LogP contribution in [0, 0.1) is 5.92 Å². The van der Waals surface area contributed by atoms with Crippen LogP contribution in [0.1, 0.15) is 30.7 Å². The van der Waals surface area contributed by atoms with Gasteiger partial charge in [-0.25, -0.2) is 9.67 Å². The molecule has 0 aliphatic carbocycles. The quantitative estimate of drug-likeness (QED) is 0.919. The van der Waals surface area contributed by atoms with Gasteiger partial charge in [-0.1, -0.05) is 25.4 Å². The second-order valence-electron chi connectivity index (χ2n) is 4.61. The number of halogens is 1. The summed E-state index contributed by atoms with van der Waals surface area (Å²) < 4.78 is 2.54. The van der Waals surface area contributed by atoms with Gasteiger partial charge in [0.25, 0.3) is 0 Å². The van der Waals surface area contributed by atoms with E-state index in [0.29, 0.717) is 16.7 Å². The van der Waals surface area contributed by atoms with E-state index >= 15 is 0 Å². The maximum atomic E-state index is 10.1. The first-order valence-electron chi connectivity index (χ1n) is 5.86. The molecule has 1 atom stereocenters. The first-order chi connectivity index (χ1) is 8.56. The first kappa shape index (κ1) is 13.5. The van der Waals surface area contributed by atoms with Gasteiger partial charge in [0.1, 0.15) is 12.2 Å². The Hall–Kier alpha value is -0.910. The highest BCUT2D eigenvalue weighted by Crippen LogP contribution is 2.28. The molecule has 0 spiro atoms. The van der Waals surface area contributed by atoms with Gasteiger partial charge >= 0.3 is 0 Å². The molecule has 6 heteroatoms. The van der Waals surface area contributed by atoms with Crippen LogP contribution in [0.25, 0.3) is 0 Å². The number of aliphatic hydroxyl groups excluding tert-OH is 1. The summed E-state index contributed by atoms with van der Waals surface area (Å²) in [6.45, 7) is 5.06. The van der Waals surface area contributed by atoms with Crippen molar-refractivity contribution in [2.24, 2.45) is 5.92 Å². The molecule has 0 amide bonds. The number of aliphatic hydroxyl groups is 1. The van der Waals surface area contributed by atoms with Crippen molar-refractivity contribution in [3.8, 4) is 0 Å². The van der Waals surface area contributed by atoms with Gasteiger partial charge in [-0.15, -0.1) is 11.3 Å². The molecule has 0 aliphatic rings. The summed E-state index contributed by atoms with van der Waals surface area (Å²) in [5.74, 6) is 1.31. The minimum absolute atomic E-state index is 0.462. The number of thiophene rings is 1. The molecule has 2 aromatic rings.